The summed E-state index contributed by atoms with van der Waals surface area (Å²) in [4.78, 5) is 29.5. The number of benzene rings is 2. The Kier molecular flexibility index (Phi) is 5.88. The van der Waals surface area contributed by atoms with Gasteiger partial charge >= 0.3 is 0 Å². The van der Waals surface area contributed by atoms with Gasteiger partial charge in [-0.2, -0.15) is 0 Å². The van der Waals surface area contributed by atoms with Gasteiger partial charge in [-0.1, -0.05) is 24.3 Å². The van der Waals surface area contributed by atoms with Gasteiger partial charge in [-0.3, -0.25) is 9.59 Å². The number of hydrogen-bond acceptors (Lipinski definition) is 6. The van der Waals surface area contributed by atoms with Crippen LogP contribution in [0, 0.1) is 0 Å². The van der Waals surface area contributed by atoms with Crippen LogP contribution in [0.25, 0.3) is 0 Å². The Morgan fingerprint density at radius 3 is 2.85 bits per heavy atom. The number of ether oxygens (including phenoxy) is 1. The number of ketones is 1. The summed E-state index contributed by atoms with van der Waals surface area (Å²) in [5, 5.41) is 8.53. The summed E-state index contributed by atoms with van der Waals surface area (Å²) in [6, 6.07) is 19.0. The molecule has 1 amide bonds. The van der Waals surface area contributed by atoms with E-state index in [1.165, 1.54) is 0 Å². The number of allylic oxidation sites excluding steroid dienone is 1. The lowest BCUT2D eigenvalue weighted by Crippen LogP contribution is -2.38. The van der Waals surface area contributed by atoms with Gasteiger partial charge in [0.05, 0.1) is 31.1 Å². The molecule has 2 aliphatic rings. The van der Waals surface area contributed by atoms with Crippen LogP contribution >= 0.6 is 11.3 Å². The van der Waals surface area contributed by atoms with Crippen LogP contribution in [-0.2, 0) is 9.59 Å². The Balaban J connectivity index is 1.56. The second-order valence-corrected chi connectivity index (χ2v) is 9.12. The van der Waals surface area contributed by atoms with Gasteiger partial charge in [-0.15, -0.1) is 11.3 Å². The molecule has 6 nitrogen and oxygen atoms in total. The number of amides is 1. The molecule has 1 aliphatic carbocycles. The minimum atomic E-state index is -0.319. The number of rotatable bonds is 5. The molecular formula is C26H25N3O3S. The smallest absolute Gasteiger partial charge is 0.243 e. The molecule has 0 saturated carbocycles. The number of anilines is 3. The fourth-order valence-corrected chi connectivity index (χ4v) is 5.42. The standard InChI is InChI=1S/C26H25N3O3S/c1-32-18-8-4-7-17(15-18)27-24(31)16-29-21-11-3-2-9-19(21)28-20-10-5-12-22(30)25(20)26(29)23-13-6-14-33-23/h2-4,6-9,11,13-15,26,28H,5,10,12,16H2,1H3,(H,27,31)/t26-/m1/s1. The third kappa shape index (κ3) is 4.24. The average Bonchev–Trinajstić information content (AvgIpc) is 3.31. The molecule has 33 heavy (non-hydrogen) atoms. The van der Waals surface area contributed by atoms with Gasteiger partial charge in [0.15, 0.2) is 5.78 Å². The van der Waals surface area contributed by atoms with Gasteiger partial charge in [-0.05, 0) is 48.6 Å². The Hall–Kier alpha value is -3.58. The van der Waals surface area contributed by atoms with Crippen LogP contribution < -0.4 is 20.3 Å². The highest BCUT2D eigenvalue weighted by atomic mass is 32.1. The number of carbonyl (C=O) groups excluding carboxylic acids is 2. The lowest BCUT2D eigenvalue weighted by Gasteiger charge is -2.34. The van der Waals surface area contributed by atoms with Crippen molar-refractivity contribution in [2.45, 2.75) is 25.3 Å². The zero-order valence-corrected chi connectivity index (χ0v) is 19.2. The minimum Gasteiger partial charge on any atom is -0.497 e. The van der Waals surface area contributed by atoms with E-state index in [9.17, 15) is 9.59 Å². The normalized spacial score (nSPS) is 17.5. The summed E-state index contributed by atoms with van der Waals surface area (Å²) in [7, 11) is 1.60. The molecule has 0 fully saturated rings. The molecule has 1 aliphatic heterocycles. The first kappa shape index (κ1) is 21.3. The van der Waals surface area contributed by atoms with Crippen LogP contribution in [0.1, 0.15) is 30.2 Å². The van der Waals surface area contributed by atoms with Crippen molar-refractivity contribution in [1.82, 2.24) is 0 Å². The average molecular weight is 460 g/mol. The molecule has 0 bridgehead atoms. The van der Waals surface area contributed by atoms with Gasteiger partial charge in [0.25, 0.3) is 0 Å². The van der Waals surface area contributed by atoms with Crippen molar-refractivity contribution in [3.05, 3.63) is 82.2 Å². The largest absolute Gasteiger partial charge is 0.497 e. The van der Waals surface area contributed by atoms with E-state index in [4.69, 9.17) is 4.74 Å². The predicted octanol–water partition coefficient (Wildman–Crippen LogP) is 5.38. The summed E-state index contributed by atoms with van der Waals surface area (Å²) >= 11 is 1.61. The fraction of sp³-hybridized carbons (Fsp3) is 0.231. The molecule has 0 radical (unpaired) electrons. The summed E-state index contributed by atoms with van der Waals surface area (Å²) < 4.78 is 5.27. The first-order valence-electron chi connectivity index (χ1n) is 11.0. The first-order valence-corrected chi connectivity index (χ1v) is 11.9. The van der Waals surface area contributed by atoms with Crippen molar-refractivity contribution < 1.29 is 14.3 Å². The van der Waals surface area contributed by atoms with E-state index in [2.05, 4.69) is 15.5 Å². The summed E-state index contributed by atoms with van der Waals surface area (Å²) in [6.07, 6.45) is 2.18. The highest BCUT2D eigenvalue weighted by Crippen LogP contribution is 2.45. The number of carbonyl (C=O) groups is 2. The number of thiophene rings is 1. The van der Waals surface area contributed by atoms with Crippen molar-refractivity contribution >= 4 is 40.1 Å². The maximum absolute atomic E-state index is 13.2. The second-order valence-electron chi connectivity index (χ2n) is 8.14. The van der Waals surface area contributed by atoms with E-state index < -0.39 is 0 Å². The molecule has 5 rings (SSSR count). The molecule has 0 saturated heterocycles. The van der Waals surface area contributed by atoms with Crippen molar-refractivity contribution in [1.29, 1.82) is 0 Å². The van der Waals surface area contributed by atoms with E-state index in [1.54, 1.807) is 24.5 Å². The van der Waals surface area contributed by atoms with E-state index in [1.807, 2.05) is 60.0 Å². The van der Waals surface area contributed by atoms with Gasteiger partial charge in [-0.25, -0.2) is 0 Å². The fourth-order valence-electron chi connectivity index (χ4n) is 4.57. The molecule has 1 atom stereocenters. The predicted molar refractivity (Wildman–Crippen MR) is 132 cm³/mol. The highest BCUT2D eigenvalue weighted by Gasteiger charge is 2.37. The third-order valence-corrected chi connectivity index (χ3v) is 6.95. The molecule has 1 aromatic heterocycles. The molecule has 0 unspecified atom stereocenters. The van der Waals surface area contributed by atoms with Crippen molar-refractivity contribution in [2.75, 3.05) is 29.2 Å². The third-order valence-electron chi connectivity index (χ3n) is 6.02. The second kappa shape index (κ2) is 9.11. The van der Waals surface area contributed by atoms with Crippen molar-refractivity contribution in [3.63, 3.8) is 0 Å². The van der Waals surface area contributed by atoms with E-state index in [0.717, 1.165) is 40.4 Å². The summed E-state index contributed by atoms with van der Waals surface area (Å²) in [5.74, 6) is 0.663. The molecule has 0 spiro atoms. The lowest BCUT2D eigenvalue weighted by molar-refractivity contribution is -0.117. The monoisotopic (exact) mass is 459 g/mol. The number of hydrogen-bond donors (Lipinski definition) is 2. The van der Waals surface area contributed by atoms with Gasteiger partial charge in [0, 0.05) is 34.3 Å². The zero-order chi connectivity index (χ0) is 22.8. The summed E-state index contributed by atoms with van der Waals surface area (Å²) in [5.41, 5.74) is 4.22. The molecule has 2 aromatic carbocycles. The number of Topliss-reactive ketones (excluding diaryl/α,β-unsaturated/α-hetero) is 1. The van der Waals surface area contributed by atoms with Crippen LogP contribution in [0.2, 0.25) is 0 Å². The van der Waals surface area contributed by atoms with Crippen LogP contribution in [0.15, 0.2) is 77.3 Å². The number of fused-ring (bicyclic) bond motifs is 1. The van der Waals surface area contributed by atoms with Crippen molar-refractivity contribution in [3.8, 4) is 5.75 Å². The van der Waals surface area contributed by atoms with E-state index in [-0.39, 0.29) is 24.3 Å². The van der Waals surface area contributed by atoms with Crippen LogP contribution in [0.5, 0.6) is 5.75 Å². The van der Waals surface area contributed by atoms with Crippen LogP contribution in [-0.4, -0.2) is 25.3 Å². The van der Waals surface area contributed by atoms with Crippen molar-refractivity contribution in [2.24, 2.45) is 0 Å². The molecule has 2 N–H and O–H groups in total. The molecule has 7 heteroatoms. The SMILES string of the molecule is COc1cccc(NC(=O)CN2c3ccccc3NC3=C(C(=O)CCC3)[C@H]2c2cccs2)c1. The number of nitrogens with zero attached hydrogens (tertiary/aromatic N) is 1. The highest BCUT2D eigenvalue weighted by molar-refractivity contribution is 7.10. The topological polar surface area (TPSA) is 70.7 Å². The Labute approximate surface area is 196 Å². The van der Waals surface area contributed by atoms with Gasteiger partial charge < -0.3 is 20.3 Å². The Morgan fingerprint density at radius 2 is 2.03 bits per heavy atom. The Morgan fingerprint density at radius 1 is 1.15 bits per heavy atom. The molecular weight excluding hydrogens is 434 g/mol. The van der Waals surface area contributed by atoms with Gasteiger partial charge in [0.2, 0.25) is 5.91 Å². The molecule has 168 valence electrons. The lowest BCUT2D eigenvalue weighted by atomic mass is 9.88. The zero-order valence-electron chi connectivity index (χ0n) is 18.3. The van der Waals surface area contributed by atoms with E-state index >= 15 is 0 Å². The number of methoxy groups -OCH3 is 1. The minimum absolute atomic E-state index is 0.0997. The maximum Gasteiger partial charge on any atom is 0.243 e. The summed E-state index contributed by atoms with van der Waals surface area (Å²) in [6.45, 7) is 0.0997. The molecule has 2 heterocycles. The molecule has 3 aromatic rings. The number of nitrogens with one attached hydrogen (secondary N) is 2. The first-order chi connectivity index (χ1) is 16.1. The maximum atomic E-state index is 13.2. The Bertz CT molecular complexity index is 1220. The quantitative estimate of drug-likeness (QED) is 0.536. The van der Waals surface area contributed by atoms with Gasteiger partial charge in [0.1, 0.15) is 5.75 Å². The van der Waals surface area contributed by atoms with E-state index in [0.29, 0.717) is 17.9 Å². The van der Waals surface area contributed by atoms with Crippen LogP contribution in [0.3, 0.4) is 0 Å². The van der Waals surface area contributed by atoms with Crippen LogP contribution in [0.4, 0.5) is 17.1 Å². The number of para-hydroxylation sites is 2.